The zero-order valence-corrected chi connectivity index (χ0v) is 11.8. The highest BCUT2D eigenvalue weighted by atomic mass is 16.1. The Balaban J connectivity index is 1.62. The number of primary amides is 1. The van der Waals surface area contributed by atoms with Crippen LogP contribution < -0.4 is 10.6 Å². The first kappa shape index (κ1) is 13.4. The first-order chi connectivity index (χ1) is 9.74. The van der Waals surface area contributed by atoms with Crippen LogP contribution >= 0.6 is 0 Å². The lowest BCUT2D eigenvalue weighted by Crippen LogP contribution is -2.49. The molecule has 0 bridgehead atoms. The third-order valence-corrected chi connectivity index (χ3v) is 4.52. The molecule has 5 heteroatoms. The van der Waals surface area contributed by atoms with E-state index in [1.54, 1.807) is 12.3 Å². The van der Waals surface area contributed by atoms with E-state index < -0.39 is 5.91 Å². The topological polar surface area (TPSA) is 62.5 Å². The van der Waals surface area contributed by atoms with Gasteiger partial charge in [0.05, 0.1) is 0 Å². The van der Waals surface area contributed by atoms with Gasteiger partial charge in [-0.1, -0.05) is 12.8 Å². The van der Waals surface area contributed by atoms with E-state index in [9.17, 15) is 4.79 Å². The van der Waals surface area contributed by atoms with Crippen LogP contribution in [-0.2, 0) is 0 Å². The van der Waals surface area contributed by atoms with Gasteiger partial charge in [0.1, 0.15) is 5.69 Å². The summed E-state index contributed by atoms with van der Waals surface area (Å²) >= 11 is 0. The fourth-order valence-corrected chi connectivity index (χ4v) is 3.37. The van der Waals surface area contributed by atoms with Crippen molar-refractivity contribution in [1.29, 1.82) is 0 Å². The minimum atomic E-state index is -0.462. The predicted octanol–water partition coefficient (Wildman–Crippen LogP) is 1.25. The molecular weight excluding hydrogens is 252 g/mol. The van der Waals surface area contributed by atoms with E-state index in [4.69, 9.17) is 5.73 Å². The number of rotatable bonds is 3. The first-order valence-electron chi connectivity index (χ1n) is 7.49. The number of nitrogens with two attached hydrogens (primary N) is 1. The van der Waals surface area contributed by atoms with Gasteiger partial charge in [-0.2, -0.15) is 0 Å². The number of piperazine rings is 1. The fourth-order valence-electron chi connectivity index (χ4n) is 3.37. The summed E-state index contributed by atoms with van der Waals surface area (Å²) in [5.74, 6) is -0.462. The van der Waals surface area contributed by atoms with Gasteiger partial charge in [-0.05, 0) is 25.0 Å². The van der Waals surface area contributed by atoms with Gasteiger partial charge in [-0.3, -0.25) is 14.7 Å². The summed E-state index contributed by atoms with van der Waals surface area (Å²) in [7, 11) is 0. The molecule has 1 saturated heterocycles. The van der Waals surface area contributed by atoms with Crippen LogP contribution in [-0.4, -0.2) is 48.0 Å². The molecule has 20 heavy (non-hydrogen) atoms. The minimum Gasteiger partial charge on any atom is -0.369 e. The van der Waals surface area contributed by atoms with E-state index in [1.165, 1.54) is 25.7 Å². The van der Waals surface area contributed by atoms with E-state index in [0.29, 0.717) is 5.69 Å². The summed E-state index contributed by atoms with van der Waals surface area (Å²) in [5, 5.41) is 0. The SMILES string of the molecule is NC(=O)c1cc(N2CCN(C3CCCC3)CC2)ccn1. The predicted molar refractivity (Wildman–Crippen MR) is 78.8 cm³/mol. The summed E-state index contributed by atoms with van der Waals surface area (Å²) in [6.45, 7) is 4.25. The Labute approximate surface area is 119 Å². The summed E-state index contributed by atoms with van der Waals surface area (Å²) in [4.78, 5) is 20.1. The van der Waals surface area contributed by atoms with E-state index in [0.717, 1.165) is 37.9 Å². The second-order valence-corrected chi connectivity index (χ2v) is 5.72. The summed E-state index contributed by atoms with van der Waals surface area (Å²) in [5.41, 5.74) is 6.69. The average molecular weight is 274 g/mol. The summed E-state index contributed by atoms with van der Waals surface area (Å²) in [6, 6.07) is 4.56. The van der Waals surface area contributed by atoms with E-state index >= 15 is 0 Å². The van der Waals surface area contributed by atoms with Gasteiger partial charge in [0, 0.05) is 44.1 Å². The highest BCUT2D eigenvalue weighted by Crippen LogP contribution is 2.25. The van der Waals surface area contributed by atoms with Gasteiger partial charge in [0.2, 0.25) is 0 Å². The number of nitrogens with zero attached hydrogens (tertiary/aromatic N) is 3. The first-order valence-corrected chi connectivity index (χ1v) is 7.49. The minimum absolute atomic E-state index is 0.348. The molecule has 0 aromatic carbocycles. The molecule has 0 atom stereocenters. The third kappa shape index (κ3) is 2.77. The van der Waals surface area contributed by atoms with Gasteiger partial charge in [-0.25, -0.2) is 0 Å². The molecule has 3 rings (SSSR count). The quantitative estimate of drug-likeness (QED) is 0.901. The van der Waals surface area contributed by atoms with E-state index in [1.807, 2.05) is 6.07 Å². The van der Waals surface area contributed by atoms with Crippen molar-refractivity contribution in [2.45, 2.75) is 31.7 Å². The van der Waals surface area contributed by atoms with Crippen LogP contribution in [0.4, 0.5) is 5.69 Å². The number of hydrogen-bond acceptors (Lipinski definition) is 4. The van der Waals surface area contributed by atoms with Gasteiger partial charge in [0.15, 0.2) is 0 Å². The maximum atomic E-state index is 11.2. The van der Waals surface area contributed by atoms with E-state index in [-0.39, 0.29) is 0 Å². The number of hydrogen-bond donors (Lipinski definition) is 1. The summed E-state index contributed by atoms with van der Waals surface area (Å²) in [6.07, 6.45) is 7.16. The third-order valence-electron chi connectivity index (χ3n) is 4.52. The number of amides is 1. The molecule has 0 spiro atoms. The second-order valence-electron chi connectivity index (χ2n) is 5.72. The second kappa shape index (κ2) is 5.79. The molecule has 5 nitrogen and oxygen atoms in total. The molecule has 0 radical (unpaired) electrons. The van der Waals surface area contributed by atoms with Gasteiger partial charge < -0.3 is 10.6 Å². The number of anilines is 1. The highest BCUT2D eigenvalue weighted by Gasteiger charge is 2.26. The fraction of sp³-hybridized carbons (Fsp3) is 0.600. The number of carbonyl (C=O) groups is 1. The molecule has 2 aliphatic rings. The zero-order chi connectivity index (χ0) is 13.9. The Kier molecular flexibility index (Phi) is 3.87. The van der Waals surface area contributed by atoms with Gasteiger partial charge in [0.25, 0.3) is 5.91 Å². The normalized spacial score (nSPS) is 21.3. The van der Waals surface area contributed by atoms with Gasteiger partial charge >= 0.3 is 0 Å². The van der Waals surface area contributed by atoms with Crippen LogP contribution in [0.15, 0.2) is 18.3 Å². The van der Waals surface area contributed by atoms with Gasteiger partial charge in [-0.15, -0.1) is 0 Å². The van der Waals surface area contributed by atoms with Crippen molar-refractivity contribution in [2.75, 3.05) is 31.1 Å². The van der Waals surface area contributed by atoms with Crippen molar-refractivity contribution in [3.63, 3.8) is 0 Å². The molecule has 2 fully saturated rings. The standard InChI is InChI=1S/C15H22N4O/c16-15(20)14-11-13(5-6-17-14)19-9-7-18(8-10-19)12-3-1-2-4-12/h5-6,11-12H,1-4,7-10H2,(H2,16,20). The largest absolute Gasteiger partial charge is 0.369 e. The van der Waals surface area contributed by atoms with Crippen molar-refractivity contribution in [3.8, 4) is 0 Å². The van der Waals surface area contributed by atoms with Crippen LogP contribution in [0, 0.1) is 0 Å². The lowest BCUT2D eigenvalue weighted by Gasteiger charge is -2.39. The molecule has 108 valence electrons. The lowest BCUT2D eigenvalue weighted by atomic mass is 10.1. The van der Waals surface area contributed by atoms with Crippen molar-refractivity contribution in [1.82, 2.24) is 9.88 Å². The highest BCUT2D eigenvalue weighted by molar-refractivity contribution is 5.91. The molecule has 1 amide bonds. The molecule has 2 heterocycles. The zero-order valence-electron chi connectivity index (χ0n) is 11.8. The Hall–Kier alpha value is -1.62. The van der Waals surface area contributed by atoms with Crippen molar-refractivity contribution < 1.29 is 4.79 Å². The maximum absolute atomic E-state index is 11.2. The molecule has 1 saturated carbocycles. The van der Waals surface area contributed by atoms with Crippen LogP contribution in [0.1, 0.15) is 36.2 Å². The molecule has 1 aliphatic carbocycles. The monoisotopic (exact) mass is 274 g/mol. The van der Waals surface area contributed by atoms with Crippen LogP contribution in [0.25, 0.3) is 0 Å². The smallest absolute Gasteiger partial charge is 0.267 e. The Morgan fingerprint density at radius 3 is 2.55 bits per heavy atom. The van der Waals surface area contributed by atoms with Crippen LogP contribution in [0.3, 0.4) is 0 Å². The van der Waals surface area contributed by atoms with Crippen molar-refractivity contribution in [2.24, 2.45) is 5.73 Å². The molecule has 1 aliphatic heterocycles. The van der Waals surface area contributed by atoms with Crippen LogP contribution in [0.2, 0.25) is 0 Å². The van der Waals surface area contributed by atoms with E-state index in [2.05, 4.69) is 14.8 Å². The number of aromatic nitrogens is 1. The van der Waals surface area contributed by atoms with Crippen molar-refractivity contribution >= 4 is 11.6 Å². The molecular formula is C15H22N4O. The molecule has 0 unspecified atom stereocenters. The number of carbonyl (C=O) groups excluding carboxylic acids is 1. The van der Waals surface area contributed by atoms with Crippen LogP contribution in [0.5, 0.6) is 0 Å². The Morgan fingerprint density at radius 1 is 1.20 bits per heavy atom. The number of pyridine rings is 1. The molecule has 2 N–H and O–H groups in total. The lowest BCUT2D eigenvalue weighted by molar-refractivity contribution is 0.0995. The maximum Gasteiger partial charge on any atom is 0.267 e. The molecule has 1 aromatic heterocycles. The summed E-state index contributed by atoms with van der Waals surface area (Å²) < 4.78 is 0. The molecule has 1 aromatic rings. The Morgan fingerprint density at radius 2 is 1.90 bits per heavy atom. The Bertz CT molecular complexity index is 477. The average Bonchev–Trinajstić information content (AvgIpc) is 3.02. The van der Waals surface area contributed by atoms with Crippen molar-refractivity contribution in [3.05, 3.63) is 24.0 Å².